The van der Waals surface area contributed by atoms with Gasteiger partial charge in [0.1, 0.15) is 0 Å². The summed E-state index contributed by atoms with van der Waals surface area (Å²) in [5.74, 6) is 0. The van der Waals surface area contributed by atoms with Crippen LogP contribution in [-0.2, 0) is 19.8 Å². The van der Waals surface area contributed by atoms with Crippen LogP contribution in [0.15, 0.2) is 30.6 Å². The number of halogens is 3. The first-order valence-corrected chi connectivity index (χ1v) is 5.75. The first-order chi connectivity index (χ1) is 8.86. The van der Waals surface area contributed by atoms with E-state index in [0.717, 1.165) is 23.3 Å². The van der Waals surface area contributed by atoms with Gasteiger partial charge >= 0.3 is 6.18 Å². The van der Waals surface area contributed by atoms with E-state index in [0.29, 0.717) is 12.2 Å². The van der Waals surface area contributed by atoms with E-state index in [-0.39, 0.29) is 0 Å². The molecule has 0 aliphatic rings. The Balaban J connectivity index is 2.15. The van der Waals surface area contributed by atoms with Gasteiger partial charge in [-0.3, -0.25) is 4.68 Å². The standard InChI is InChI=1S/C13H14F3N3/c1-9-3-4-11(13(14,15)16)5-12(9)17-6-10-7-18-19(2)8-10/h3-5,7-8,17H,6H2,1-2H3. The van der Waals surface area contributed by atoms with Crippen LogP contribution in [0.2, 0.25) is 0 Å². The molecule has 0 fully saturated rings. The zero-order valence-electron chi connectivity index (χ0n) is 10.6. The normalized spacial score (nSPS) is 11.6. The summed E-state index contributed by atoms with van der Waals surface area (Å²) in [6.07, 6.45) is -0.829. The minimum absolute atomic E-state index is 0.440. The Kier molecular flexibility index (Phi) is 3.50. The van der Waals surface area contributed by atoms with Crippen LogP contribution in [0.5, 0.6) is 0 Å². The Morgan fingerprint density at radius 3 is 2.63 bits per heavy atom. The molecule has 0 unspecified atom stereocenters. The number of hydrogen-bond donors (Lipinski definition) is 1. The maximum Gasteiger partial charge on any atom is 0.416 e. The van der Waals surface area contributed by atoms with Crippen molar-refractivity contribution in [3.8, 4) is 0 Å². The van der Waals surface area contributed by atoms with Crippen molar-refractivity contribution in [3.63, 3.8) is 0 Å². The minimum Gasteiger partial charge on any atom is -0.381 e. The highest BCUT2D eigenvalue weighted by Crippen LogP contribution is 2.32. The van der Waals surface area contributed by atoms with Crippen molar-refractivity contribution in [2.75, 3.05) is 5.32 Å². The van der Waals surface area contributed by atoms with Gasteiger partial charge in [-0.1, -0.05) is 6.07 Å². The highest BCUT2D eigenvalue weighted by Gasteiger charge is 2.30. The number of nitrogens with one attached hydrogen (secondary N) is 1. The lowest BCUT2D eigenvalue weighted by Gasteiger charge is -2.12. The van der Waals surface area contributed by atoms with Gasteiger partial charge in [0, 0.05) is 31.0 Å². The van der Waals surface area contributed by atoms with E-state index in [1.165, 1.54) is 6.07 Å². The molecule has 1 N–H and O–H groups in total. The molecule has 0 saturated heterocycles. The third-order valence-electron chi connectivity index (χ3n) is 2.81. The zero-order valence-corrected chi connectivity index (χ0v) is 10.6. The minimum atomic E-state index is -4.32. The van der Waals surface area contributed by atoms with Gasteiger partial charge in [0.15, 0.2) is 0 Å². The number of aromatic nitrogens is 2. The molecule has 6 heteroatoms. The van der Waals surface area contributed by atoms with E-state index < -0.39 is 11.7 Å². The lowest BCUT2D eigenvalue weighted by atomic mass is 10.1. The quantitative estimate of drug-likeness (QED) is 0.926. The second-order valence-corrected chi connectivity index (χ2v) is 4.40. The van der Waals surface area contributed by atoms with Crippen molar-refractivity contribution in [1.29, 1.82) is 0 Å². The average molecular weight is 269 g/mol. The van der Waals surface area contributed by atoms with Crippen molar-refractivity contribution in [2.45, 2.75) is 19.6 Å². The zero-order chi connectivity index (χ0) is 14.0. The number of benzene rings is 1. The van der Waals surface area contributed by atoms with Gasteiger partial charge in [-0.15, -0.1) is 0 Å². The van der Waals surface area contributed by atoms with Crippen molar-refractivity contribution in [2.24, 2.45) is 7.05 Å². The van der Waals surface area contributed by atoms with Crippen molar-refractivity contribution < 1.29 is 13.2 Å². The molecule has 1 aromatic carbocycles. The molecular weight excluding hydrogens is 255 g/mol. The second kappa shape index (κ2) is 4.95. The van der Waals surface area contributed by atoms with Gasteiger partial charge in [0.05, 0.1) is 11.8 Å². The molecule has 0 saturated carbocycles. The molecule has 1 heterocycles. The van der Waals surface area contributed by atoms with Gasteiger partial charge in [-0.2, -0.15) is 18.3 Å². The number of rotatable bonds is 3. The van der Waals surface area contributed by atoms with Crippen LogP contribution in [-0.4, -0.2) is 9.78 Å². The summed E-state index contributed by atoms with van der Waals surface area (Å²) in [5.41, 5.74) is 1.53. The summed E-state index contributed by atoms with van der Waals surface area (Å²) in [6.45, 7) is 2.21. The van der Waals surface area contributed by atoms with E-state index in [9.17, 15) is 13.2 Å². The highest BCUT2D eigenvalue weighted by atomic mass is 19.4. The molecule has 0 radical (unpaired) electrons. The van der Waals surface area contributed by atoms with Crippen molar-refractivity contribution in [3.05, 3.63) is 47.3 Å². The van der Waals surface area contributed by atoms with Crippen molar-refractivity contribution >= 4 is 5.69 Å². The average Bonchev–Trinajstić information content (AvgIpc) is 2.72. The van der Waals surface area contributed by atoms with E-state index in [1.54, 1.807) is 24.9 Å². The summed E-state index contributed by atoms with van der Waals surface area (Å²) in [7, 11) is 1.79. The number of aryl methyl sites for hydroxylation is 2. The molecule has 0 aliphatic heterocycles. The van der Waals surface area contributed by atoms with Crippen LogP contribution in [0.3, 0.4) is 0 Å². The largest absolute Gasteiger partial charge is 0.416 e. The number of alkyl halides is 3. The third-order valence-corrected chi connectivity index (χ3v) is 2.81. The second-order valence-electron chi connectivity index (χ2n) is 4.40. The number of nitrogens with zero attached hydrogens (tertiary/aromatic N) is 2. The summed E-state index contributed by atoms with van der Waals surface area (Å²) in [4.78, 5) is 0. The van der Waals surface area contributed by atoms with Crippen LogP contribution in [0, 0.1) is 6.92 Å². The molecule has 0 atom stereocenters. The van der Waals surface area contributed by atoms with Crippen LogP contribution in [0.1, 0.15) is 16.7 Å². The number of anilines is 1. The molecule has 2 rings (SSSR count). The Morgan fingerprint density at radius 1 is 1.32 bits per heavy atom. The van der Waals surface area contributed by atoms with Gasteiger partial charge in [0.2, 0.25) is 0 Å². The van der Waals surface area contributed by atoms with Gasteiger partial charge in [0.25, 0.3) is 0 Å². The van der Waals surface area contributed by atoms with E-state index in [4.69, 9.17) is 0 Å². The maximum atomic E-state index is 12.6. The topological polar surface area (TPSA) is 29.9 Å². The van der Waals surface area contributed by atoms with Crippen LogP contribution in [0.4, 0.5) is 18.9 Å². The van der Waals surface area contributed by atoms with Crippen molar-refractivity contribution in [1.82, 2.24) is 9.78 Å². The monoisotopic (exact) mass is 269 g/mol. The fourth-order valence-corrected chi connectivity index (χ4v) is 1.75. The molecule has 0 bridgehead atoms. The Bertz CT molecular complexity index is 573. The Labute approximate surface area is 109 Å². The molecule has 19 heavy (non-hydrogen) atoms. The molecule has 0 amide bonds. The summed E-state index contributed by atoms with van der Waals surface area (Å²) >= 11 is 0. The predicted molar refractivity (Wildman–Crippen MR) is 66.7 cm³/mol. The Morgan fingerprint density at radius 2 is 2.05 bits per heavy atom. The Hall–Kier alpha value is -1.98. The first-order valence-electron chi connectivity index (χ1n) is 5.75. The SMILES string of the molecule is Cc1ccc(C(F)(F)F)cc1NCc1cnn(C)c1. The fraction of sp³-hybridized carbons (Fsp3) is 0.308. The molecule has 1 aromatic heterocycles. The third kappa shape index (κ3) is 3.27. The summed E-state index contributed by atoms with van der Waals surface area (Å²) in [6, 6.07) is 3.69. The van der Waals surface area contributed by atoms with E-state index in [1.807, 2.05) is 6.20 Å². The highest BCUT2D eigenvalue weighted by molar-refractivity contribution is 5.53. The van der Waals surface area contributed by atoms with Crippen LogP contribution < -0.4 is 5.32 Å². The first kappa shape index (κ1) is 13.5. The molecule has 2 aromatic rings. The smallest absolute Gasteiger partial charge is 0.381 e. The molecule has 0 aliphatic carbocycles. The fourth-order valence-electron chi connectivity index (χ4n) is 1.75. The number of hydrogen-bond acceptors (Lipinski definition) is 2. The molecular formula is C13H14F3N3. The van der Waals surface area contributed by atoms with E-state index >= 15 is 0 Å². The maximum absolute atomic E-state index is 12.6. The molecule has 102 valence electrons. The van der Waals surface area contributed by atoms with E-state index in [2.05, 4.69) is 10.4 Å². The summed E-state index contributed by atoms with van der Waals surface area (Å²) < 4.78 is 39.5. The lowest BCUT2D eigenvalue weighted by Crippen LogP contribution is -2.07. The van der Waals surface area contributed by atoms with Gasteiger partial charge in [-0.05, 0) is 24.6 Å². The molecule has 3 nitrogen and oxygen atoms in total. The van der Waals surface area contributed by atoms with Crippen LogP contribution in [0.25, 0.3) is 0 Å². The molecule has 0 spiro atoms. The van der Waals surface area contributed by atoms with Gasteiger partial charge < -0.3 is 5.32 Å². The summed E-state index contributed by atoms with van der Waals surface area (Å²) in [5, 5.41) is 7.01. The lowest BCUT2D eigenvalue weighted by molar-refractivity contribution is -0.137. The predicted octanol–water partition coefficient (Wildman–Crippen LogP) is 3.36. The van der Waals surface area contributed by atoms with Crippen LogP contribution >= 0.6 is 0 Å². The van der Waals surface area contributed by atoms with Gasteiger partial charge in [-0.25, -0.2) is 0 Å².